The second kappa shape index (κ2) is 4.86. The summed E-state index contributed by atoms with van der Waals surface area (Å²) in [5, 5.41) is 0. The zero-order valence-electron chi connectivity index (χ0n) is 11.0. The Hall–Kier alpha value is -2.53. The maximum Gasteiger partial charge on any atom is 0.332 e. The van der Waals surface area contributed by atoms with Crippen LogP contribution in [0.3, 0.4) is 0 Å². The Bertz CT molecular complexity index is 612. The first-order chi connectivity index (χ1) is 9.72. The normalized spacial score (nSPS) is 12.9. The van der Waals surface area contributed by atoms with Gasteiger partial charge in [-0.3, -0.25) is 5.43 Å². The Balaban J connectivity index is 2.15. The van der Waals surface area contributed by atoms with Gasteiger partial charge in [-0.25, -0.2) is 10.6 Å². The third kappa shape index (κ3) is 1.88. The highest BCUT2D eigenvalue weighted by atomic mass is 16.5. The topological polar surface area (TPSA) is 67.6 Å². The van der Waals surface area contributed by atoms with Crippen LogP contribution < -0.4 is 16.0 Å². The highest BCUT2D eigenvalue weighted by Crippen LogP contribution is 2.44. The number of benzene rings is 2. The van der Waals surface area contributed by atoms with Crippen LogP contribution in [0.4, 0.5) is 4.79 Å². The largest absolute Gasteiger partial charge is 0.457 e. The lowest BCUT2D eigenvalue weighted by atomic mass is 9.94. The van der Waals surface area contributed by atoms with Crippen molar-refractivity contribution in [3.8, 4) is 11.5 Å². The van der Waals surface area contributed by atoms with Gasteiger partial charge < -0.3 is 9.64 Å². The van der Waals surface area contributed by atoms with Gasteiger partial charge in [-0.2, -0.15) is 0 Å². The highest BCUT2D eigenvalue weighted by Gasteiger charge is 2.31. The zero-order chi connectivity index (χ0) is 14.1. The number of para-hydroxylation sites is 2. The molecule has 3 rings (SSSR count). The molecule has 2 amide bonds. The van der Waals surface area contributed by atoms with Gasteiger partial charge in [0.25, 0.3) is 0 Å². The highest BCUT2D eigenvalue weighted by molar-refractivity contribution is 5.75. The van der Waals surface area contributed by atoms with Crippen molar-refractivity contribution in [2.75, 3.05) is 7.05 Å². The van der Waals surface area contributed by atoms with Crippen molar-refractivity contribution in [2.24, 2.45) is 5.84 Å². The molecule has 2 aromatic rings. The second-order valence-corrected chi connectivity index (χ2v) is 4.64. The molecule has 0 fully saturated rings. The fraction of sp³-hybridized carbons (Fsp3) is 0.133. The third-order valence-electron chi connectivity index (χ3n) is 3.48. The van der Waals surface area contributed by atoms with E-state index < -0.39 is 0 Å². The number of hydrogen-bond acceptors (Lipinski definition) is 3. The maximum absolute atomic E-state index is 11.9. The third-order valence-corrected chi connectivity index (χ3v) is 3.48. The van der Waals surface area contributed by atoms with Crippen LogP contribution in [-0.4, -0.2) is 18.0 Å². The van der Waals surface area contributed by atoms with Crippen LogP contribution in [0.1, 0.15) is 17.2 Å². The van der Waals surface area contributed by atoms with Crippen LogP contribution in [0.2, 0.25) is 0 Å². The Morgan fingerprint density at radius 2 is 1.60 bits per heavy atom. The van der Waals surface area contributed by atoms with Gasteiger partial charge >= 0.3 is 6.03 Å². The fourth-order valence-electron chi connectivity index (χ4n) is 2.52. The molecule has 0 aliphatic carbocycles. The summed E-state index contributed by atoms with van der Waals surface area (Å²) in [6, 6.07) is 14.8. The molecule has 5 nitrogen and oxygen atoms in total. The van der Waals surface area contributed by atoms with E-state index in [9.17, 15) is 4.79 Å². The minimum absolute atomic E-state index is 0.223. The van der Waals surface area contributed by atoms with Gasteiger partial charge in [-0.05, 0) is 12.1 Å². The van der Waals surface area contributed by atoms with Gasteiger partial charge in [0, 0.05) is 18.2 Å². The van der Waals surface area contributed by atoms with Gasteiger partial charge in [0.15, 0.2) is 0 Å². The number of nitrogens with one attached hydrogen (secondary N) is 1. The second-order valence-electron chi connectivity index (χ2n) is 4.64. The summed E-state index contributed by atoms with van der Waals surface area (Å²) in [5.74, 6) is 6.76. The van der Waals surface area contributed by atoms with E-state index in [1.54, 1.807) is 11.9 Å². The first kappa shape index (κ1) is 12.5. The molecule has 1 heterocycles. The van der Waals surface area contributed by atoms with Crippen molar-refractivity contribution in [1.82, 2.24) is 10.3 Å². The van der Waals surface area contributed by atoms with Crippen molar-refractivity contribution in [1.29, 1.82) is 0 Å². The lowest BCUT2D eigenvalue weighted by molar-refractivity contribution is 0.195. The number of ether oxygens (including phenoxy) is 1. The maximum atomic E-state index is 11.9. The Labute approximate surface area is 116 Å². The van der Waals surface area contributed by atoms with E-state index in [1.165, 1.54) is 0 Å². The van der Waals surface area contributed by atoms with Crippen LogP contribution >= 0.6 is 0 Å². The van der Waals surface area contributed by atoms with E-state index in [1.807, 2.05) is 48.5 Å². The Morgan fingerprint density at radius 3 is 2.10 bits per heavy atom. The summed E-state index contributed by atoms with van der Waals surface area (Å²) < 4.78 is 5.88. The molecule has 0 unspecified atom stereocenters. The minimum Gasteiger partial charge on any atom is -0.457 e. The molecule has 0 atom stereocenters. The predicted octanol–water partition coefficient (Wildman–Crippen LogP) is 2.40. The zero-order valence-corrected chi connectivity index (χ0v) is 11.0. The van der Waals surface area contributed by atoms with E-state index >= 15 is 0 Å². The van der Waals surface area contributed by atoms with Crippen LogP contribution in [0.25, 0.3) is 0 Å². The van der Waals surface area contributed by atoms with Gasteiger partial charge in [-0.15, -0.1) is 0 Å². The van der Waals surface area contributed by atoms with Crippen LogP contribution in [0.15, 0.2) is 48.5 Å². The first-order valence-corrected chi connectivity index (χ1v) is 6.31. The fourth-order valence-corrected chi connectivity index (χ4v) is 2.52. The predicted molar refractivity (Wildman–Crippen MR) is 75.3 cm³/mol. The minimum atomic E-state index is -0.346. The molecule has 0 aromatic heterocycles. The molecule has 1 aliphatic heterocycles. The number of hydrogen-bond donors (Lipinski definition) is 2. The monoisotopic (exact) mass is 269 g/mol. The molecule has 5 heteroatoms. The van der Waals surface area contributed by atoms with Crippen molar-refractivity contribution >= 4 is 6.03 Å². The molecule has 0 bridgehead atoms. The average molecular weight is 269 g/mol. The summed E-state index contributed by atoms with van der Waals surface area (Å²) in [6.45, 7) is 0. The standard InChI is InChI=1S/C15H15N3O2/c1-18(15(19)17-16)14-10-6-2-4-8-12(10)20-13-9-5-3-7-11(13)14/h2-9,14H,16H2,1H3,(H,17,19). The smallest absolute Gasteiger partial charge is 0.332 e. The summed E-state index contributed by atoms with van der Waals surface area (Å²) in [4.78, 5) is 13.4. The molecule has 0 saturated carbocycles. The summed E-state index contributed by atoms with van der Waals surface area (Å²) in [7, 11) is 1.71. The summed E-state index contributed by atoms with van der Waals surface area (Å²) in [6.07, 6.45) is 0. The molecular formula is C15H15N3O2. The Kier molecular flexibility index (Phi) is 3.04. The number of amides is 2. The molecule has 0 saturated heterocycles. The molecular weight excluding hydrogens is 254 g/mol. The van der Waals surface area contributed by atoms with Crippen molar-refractivity contribution < 1.29 is 9.53 Å². The molecule has 0 radical (unpaired) electrons. The lowest BCUT2D eigenvalue weighted by Crippen LogP contribution is -2.43. The van der Waals surface area contributed by atoms with E-state index in [-0.39, 0.29) is 12.1 Å². The number of carbonyl (C=O) groups excluding carboxylic acids is 1. The molecule has 2 aromatic carbocycles. The van der Waals surface area contributed by atoms with E-state index in [0.717, 1.165) is 22.6 Å². The molecule has 102 valence electrons. The lowest BCUT2D eigenvalue weighted by Gasteiger charge is -2.34. The van der Waals surface area contributed by atoms with Crippen LogP contribution in [0.5, 0.6) is 11.5 Å². The molecule has 0 spiro atoms. The first-order valence-electron chi connectivity index (χ1n) is 6.31. The number of rotatable bonds is 1. The number of hydrazine groups is 1. The van der Waals surface area contributed by atoms with Crippen molar-refractivity contribution in [3.63, 3.8) is 0 Å². The Morgan fingerprint density at radius 1 is 1.10 bits per heavy atom. The number of urea groups is 1. The average Bonchev–Trinajstić information content (AvgIpc) is 2.51. The van der Waals surface area contributed by atoms with Gasteiger partial charge in [-0.1, -0.05) is 36.4 Å². The van der Waals surface area contributed by atoms with Gasteiger partial charge in [0.1, 0.15) is 11.5 Å². The van der Waals surface area contributed by atoms with Crippen LogP contribution in [-0.2, 0) is 0 Å². The van der Waals surface area contributed by atoms with Crippen molar-refractivity contribution in [3.05, 3.63) is 59.7 Å². The number of carbonyl (C=O) groups is 1. The van der Waals surface area contributed by atoms with E-state index in [0.29, 0.717) is 0 Å². The number of fused-ring (bicyclic) bond motifs is 2. The number of nitrogens with two attached hydrogens (primary N) is 1. The van der Waals surface area contributed by atoms with E-state index in [4.69, 9.17) is 10.6 Å². The van der Waals surface area contributed by atoms with E-state index in [2.05, 4.69) is 5.43 Å². The van der Waals surface area contributed by atoms with Crippen LogP contribution in [0, 0.1) is 0 Å². The summed E-state index contributed by atoms with van der Waals surface area (Å²) >= 11 is 0. The van der Waals surface area contributed by atoms with Gasteiger partial charge in [0.2, 0.25) is 0 Å². The summed E-state index contributed by atoms with van der Waals surface area (Å²) in [5.41, 5.74) is 4.05. The van der Waals surface area contributed by atoms with Gasteiger partial charge in [0.05, 0.1) is 6.04 Å². The number of nitrogens with zero attached hydrogens (tertiary/aromatic N) is 1. The molecule has 3 N–H and O–H groups in total. The SMILES string of the molecule is CN(C(=O)NN)C1c2ccccc2Oc2ccccc21. The van der Waals surface area contributed by atoms with Crippen molar-refractivity contribution in [2.45, 2.75) is 6.04 Å². The molecule has 20 heavy (non-hydrogen) atoms. The molecule has 1 aliphatic rings. The quantitative estimate of drug-likeness (QED) is 0.474.